The van der Waals surface area contributed by atoms with E-state index in [9.17, 15) is 9.59 Å². The molecule has 0 spiro atoms. The third kappa shape index (κ3) is 7.21. The smallest absolute Gasteiger partial charge is 0.253 e. The monoisotopic (exact) mass is 557 g/mol. The molecule has 1 fully saturated rings. The van der Waals surface area contributed by atoms with Gasteiger partial charge in [-0.15, -0.1) is 0 Å². The summed E-state index contributed by atoms with van der Waals surface area (Å²) in [5, 5.41) is 14.9. The topological polar surface area (TPSA) is 117 Å². The summed E-state index contributed by atoms with van der Waals surface area (Å²) in [6, 6.07) is 9.95. The first kappa shape index (κ1) is 30.0. The van der Waals surface area contributed by atoms with Gasteiger partial charge in [-0.3, -0.25) is 9.59 Å². The SMILES string of the molecule is CCCc1cc(C)c(CNC(=O)c2cc(-c3ccc(N4CCN(C)CC4)nc3)cc(NC(C)C)c2C(C)=N)c(=O)[nH]1. The Balaban J connectivity index is 1.66. The average molecular weight is 558 g/mol. The van der Waals surface area contributed by atoms with Crippen molar-refractivity contribution in [2.45, 2.75) is 60.0 Å². The summed E-state index contributed by atoms with van der Waals surface area (Å²) < 4.78 is 0. The molecule has 1 aromatic carbocycles. The van der Waals surface area contributed by atoms with Crippen molar-refractivity contribution in [3.05, 3.63) is 74.8 Å². The molecule has 9 heteroatoms. The molecular formula is C32H43N7O2. The molecule has 1 aliphatic heterocycles. The number of H-pyrrole nitrogens is 1. The highest BCUT2D eigenvalue weighted by molar-refractivity contribution is 6.12. The number of rotatable bonds is 10. The first-order valence-corrected chi connectivity index (χ1v) is 14.5. The van der Waals surface area contributed by atoms with Gasteiger partial charge < -0.3 is 30.8 Å². The van der Waals surface area contributed by atoms with Crippen LogP contribution in [0.3, 0.4) is 0 Å². The van der Waals surface area contributed by atoms with Crippen molar-refractivity contribution in [2.24, 2.45) is 0 Å². The molecule has 0 saturated carbocycles. The van der Waals surface area contributed by atoms with Crippen LogP contribution in [0.2, 0.25) is 0 Å². The Morgan fingerprint density at radius 2 is 1.85 bits per heavy atom. The van der Waals surface area contributed by atoms with Crippen molar-refractivity contribution in [1.82, 2.24) is 20.2 Å². The van der Waals surface area contributed by atoms with E-state index in [0.29, 0.717) is 16.7 Å². The Labute approximate surface area is 242 Å². The summed E-state index contributed by atoms with van der Waals surface area (Å²) in [7, 11) is 2.13. The van der Waals surface area contributed by atoms with Crippen LogP contribution < -0.4 is 21.1 Å². The van der Waals surface area contributed by atoms with Gasteiger partial charge in [-0.2, -0.15) is 0 Å². The lowest BCUT2D eigenvalue weighted by atomic mass is 9.94. The fourth-order valence-corrected chi connectivity index (χ4v) is 5.27. The van der Waals surface area contributed by atoms with Gasteiger partial charge in [0.1, 0.15) is 5.82 Å². The van der Waals surface area contributed by atoms with Crippen molar-refractivity contribution in [3.63, 3.8) is 0 Å². The molecule has 3 aromatic rings. The van der Waals surface area contributed by atoms with Gasteiger partial charge >= 0.3 is 0 Å². The molecule has 4 rings (SSSR count). The van der Waals surface area contributed by atoms with Gasteiger partial charge in [-0.25, -0.2) is 4.98 Å². The number of piperazine rings is 1. The maximum atomic E-state index is 13.7. The minimum atomic E-state index is -0.335. The molecule has 3 heterocycles. The molecular weight excluding hydrogens is 514 g/mol. The number of nitrogens with one attached hydrogen (secondary N) is 4. The highest BCUT2D eigenvalue weighted by Gasteiger charge is 2.21. The third-order valence-corrected chi connectivity index (χ3v) is 7.47. The first-order valence-electron chi connectivity index (χ1n) is 14.5. The van der Waals surface area contributed by atoms with E-state index in [4.69, 9.17) is 10.4 Å². The number of carbonyl (C=O) groups excluding carboxylic acids is 1. The number of hydrogen-bond acceptors (Lipinski definition) is 7. The number of aryl methyl sites for hydroxylation is 2. The number of pyridine rings is 2. The second-order valence-corrected chi connectivity index (χ2v) is 11.3. The minimum absolute atomic E-state index is 0.0971. The highest BCUT2D eigenvalue weighted by Crippen LogP contribution is 2.31. The molecule has 0 bridgehead atoms. The summed E-state index contributed by atoms with van der Waals surface area (Å²) in [5.74, 6) is 0.608. The van der Waals surface area contributed by atoms with Crippen molar-refractivity contribution in [1.29, 1.82) is 5.41 Å². The third-order valence-electron chi connectivity index (χ3n) is 7.47. The number of aromatic nitrogens is 2. The lowest BCUT2D eigenvalue weighted by Crippen LogP contribution is -2.44. The standard InChI is InChI=1S/C32H43N7O2/c1-7-8-25-15-21(4)27(32(41)37-25)19-35-31(40)26-16-24(17-28(36-20(2)3)30(26)22(5)33)23-9-10-29(34-18-23)39-13-11-38(6)12-14-39/h9-10,15-18,20,33,36H,7-8,11-14,19H2,1-6H3,(H,35,40)(H,37,41). The molecule has 2 aromatic heterocycles. The van der Waals surface area contributed by atoms with Crippen LogP contribution in [-0.4, -0.2) is 65.8 Å². The Bertz CT molecular complexity index is 1450. The second kappa shape index (κ2) is 13.1. The van der Waals surface area contributed by atoms with E-state index in [0.717, 1.165) is 72.9 Å². The summed E-state index contributed by atoms with van der Waals surface area (Å²) in [6.45, 7) is 13.7. The van der Waals surface area contributed by atoms with Gasteiger partial charge in [0.05, 0.1) is 5.56 Å². The van der Waals surface area contributed by atoms with Crippen molar-refractivity contribution in [2.75, 3.05) is 43.4 Å². The maximum Gasteiger partial charge on any atom is 0.253 e. The van der Waals surface area contributed by atoms with Crippen LogP contribution in [0.5, 0.6) is 0 Å². The number of carbonyl (C=O) groups is 1. The molecule has 0 unspecified atom stereocenters. The lowest BCUT2D eigenvalue weighted by molar-refractivity contribution is 0.0950. The van der Waals surface area contributed by atoms with Crippen LogP contribution in [0.25, 0.3) is 11.1 Å². The van der Waals surface area contributed by atoms with E-state index in [1.165, 1.54) is 0 Å². The summed E-state index contributed by atoms with van der Waals surface area (Å²) >= 11 is 0. The normalized spacial score (nSPS) is 13.9. The molecule has 1 amide bonds. The molecule has 218 valence electrons. The summed E-state index contributed by atoms with van der Waals surface area (Å²) in [5.41, 5.74) is 5.76. The molecule has 0 atom stereocenters. The molecule has 9 nitrogen and oxygen atoms in total. The van der Waals surface area contributed by atoms with Crippen molar-refractivity contribution >= 4 is 23.1 Å². The Morgan fingerprint density at radius 3 is 2.44 bits per heavy atom. The van der Waals surface area contributed by atoms with Crippen LogP contribution in [0.4, 0.5) is 11.5 Å². The van der Waals surface area contributed by atoms with Gasteiger partial charge in [0, 0.05) is 78.7 Å². The number of hydrogen-bond donors (Lipinski definition) is 4. The molecule has 1 aliphatic rings. The lowest BCUT2D eigenvalue weighted by Gasteiger charge is -2.33. The number of anilines is 2. The van der Waals surface area contributed by atoms with Gasteiger partial charge in [-0.1, -0.05) is 13.3 Å². The molecule has 0 aliphatic carbocycles. The fraction of sp³-hybridized carbons (Fsp3) is 0.438. The summed E-state index contributed by atoms with van der Waals surface area (Å²) in [4.78, 5) is 38.7. The van der Waals surface area contributed by atoms with Crippen LogP contribution >= 0.6 is 0 Å². The van der Waals surface area contributed by atoms with E-state index in [1.807, 2.05) is 57.3 Å². The largest absolute Gasteiger partial charge is 0.382 e. The van der Waals surface area contributed by atoms with Gasteiger partial charge in [0.15, 0.2) is 0 Å². The zero-order chi connectivity index (χ0) is 29.7. The first-order chi connectivity index (χ1) is 19.6. The van der Waals surface area contributed by atoms with Gasteiger partial charge in [0.2, 0.25) is 0 Å². The molecule has 41 heavy (non-hydrogen) atoms. The van der Waals surface area contributed by atoms with Crippen LogP contribution in [-0.2, 0) is 13.0 Å². The van der Waals surface area contributed by atoms with E-state index >= 15 is 0 Å². The van der Waals surface area contributed by atoms with E-state index in [1.54, 1.807) is 6.92 Å². The predicted molar refractivity (Wildman–Crippen MR) is 168 cm³/mol. The number of likely N-dealkylation sites (N-methyl/N-ethyl adjacent to an activating group) is 1. The van der Waals surface area contributed by atoms with Crippen LogP contribution in [0, 0.1) is 12.3 Å². The molecule has 4 N–H and O–H groups in total. The van der Waals surface area contributed by atoms with Crippen molar-refractivity contribution < 1.29 is 4.79 Å². The summed E-state index contributed by atoms with van der Waals surface area (Å²) in [6.07, 6.45) is 3.59. The quantitative estimate of drug-likeness (QED) is 0.271. The fourth-order valence-electron chi connectivity index (χ4n) is 5.27. The Morgan fingerprint density at radius 1 is 1.12 bits per heavy atom. The predicted octanol–water partition coefficient (Wildman–Crippen LogP) is 4.59. The zero-order valence-corrected chi connectivity index (χ0v) is 25.1. The number of nitrogens with zero attached hydrogens (tertiary/aromatic N) is 3. The van der Waals surface area contributed by atoms with Gasteiger partial charge in [-0.05, 0) is 82.6 Å². The van der Waals surface area contributed by atoms with E-state index < -0.39 is 0 Å². The van der Waals surface area contributed by atoms with E-state index in [-0.39, 0.29) is 29.8 Å². The van der Waals surface area contributed by atoms with Gasteiger partial charge in [0.25, 0.3) is 11.5 Å². The molecule has 1 saturated heterocycles. The van der Waals surface area contributed by atoms with Crippen molar-refractivity contribution in [3.8, 4) is 11.1 Å². The number of benzene rings is 1. The second-order valence-electron chi connectivity index (χ2n) is 11.3. The number of amides is 1. The van der Waals surface area contributed by atoms with Crippen LogP contribution in [0.15, 0.2) is 41.3 Å². The molecule has 0 radical (unpaired) electrons. The minimum Gasteiger partial charge on any atom is -0.382 e. The highest BCUT2D eigenvalue weighted by atomic mass is 16.1. The Kier molecular flexibility index (Phi) is 9.60. The van der Waals surface area contributed by atoms with E-state index in [2.05, 4.69) is 39.4 Å². The number of aromatic amines is 1. The Hall–Kier alpha value is -3.98. The van der Waals surface area contributed by atoms with Crippen LogP contribution in [0.1, 0.15) is 66.9 Å². The zero-order valence-electron chi connectivity index (χ0n) is 25.1. The maximum absolute atomic E-state index is 13.7. The average Bonchev–Trinajstić information content (AvgIpc) is 2.92.